The highest BCUT2D eigenvalue weighted by Crippen LogP contribution is 2.16. The third-order valence-corrected chi connectivity index (χ3v) is 10.7. The van der Waals surface area contributed by atoms with E-state index in [1.807, 2.05) is 0 Å². The van der Waals surface area contributed by atoms with E-state index in [0.29, 0.717) is 0 Å². The van der Waals surface area contributed by atoms with E-state index < -0.39 is 8.56 Å². The molecule has 0 unspecified atom stereocenters. The summed E-state index contributed by atoms with van der Waals surface area (Å²) in [6, 6.07) is 0. The van der Waals surface area contributed by atoms with Crippen LogP contribution in [0.4, 0.5) is 0 Å². The molecule has 0 aromatic heterocycles. The van der Waals surface area contributed by atoms with Crippen molar-refractivity contribution < 1.29 is 8.85 Å². The van der Waals surface area contributed by atoms with Gasteiger partial charge < -0.3 is 8.85 Å². The second-order valence-electron chi connectivity index (χ2n) is 13.7. The van der Waals surface area contributed by atoms with E-state index >= 15 is 0 Å². The highest BCUT2D eigenvalue weighted by molar-refractivity contribution is 6.64. The zero-order valence-electron chi connectivity index (χ0n) is 29.4. The third-order valence-electron chi connectivity index (χ3n) is 8.90. The van der Waals surface area contributed by atoms with Gasteiger partial charge >= 0.3 is 8.56 Å². The van der Waals surface area contributed by atoms with Crippen LogP contribution in [0.25, 0.3) is 0 Å². The Labute approximate surface area is 262 Å². The average Bonchev–Trinajstić information content (AvgIpc) is 2.96. The van der Waals surface area contributed by atoms with Crippen LogP contribution in [0.15, 0.2) is 0 Å². The fraction of sp³-hybridized carbons (Fsp3) is 1.00. The van der Waals surface area contributed by atoms with Gasteiger partial charge in [-0.1, -0.05) is 206 Å². The Morgan fingerprint density at radius 2 is 0.439 bits per heavy atom. The Balaban J connectivity index is 3.26. The molecule has 0 rings (SSSR count). The molecule has 0 N–H and O–H groups in total. The molecule has 0 aliphatic heterocycles. The lowest BCUT2D eigenvalue weighted by Gasteiger charge is -2.23. The van der Waals surface area contributed by atoms with Gasteiger partial charge in [0, 0.05) is 13.2 Å². The molecule has 0 saturated heterocycles. The van der Waals surface area contributed by atoms with Crippen LogP contribution in [0, 0.1) is 0 Å². The Hall–Kier alpha value is 0.137. The summed E-state index contributed by atoms with van der Waals surface area (Å²) in [6.45, 7) is 10.9. The zero-order valence-corrected chi connectivity index (χ0v) is 30.4. The van der Waals surface area contributed by atoms with Gasteiger partial charge in [-0.3, -0.25) is 0 Å². The first kappa shape index (κ1) is 41.1. The van der Waals surface area contributed by atoms with Gasteiger partial charge in [-0.15, -0.1) is 0 Å². The van der Waals surface area contributed by atoms with Gasteiger partial charge in [0.2, 0.25) is 0 Å². The van der Waals surface area contributed by atoms with E-state index in [1.54, 1.807) is 0 Å². The molecule has 0 aliphatic rings. The fourth-order valence-corrected chi connectivity index (χ4v) is 7.33. The average molecular weight is 597 g/mol. The second kappa shape index (κ2) is 34.6. The van der Waals surface area contributed by atoms with Crippen molar-refractivity contribution in [3.8, 4) is 0 Å². The first-order valence-electron chi connectivity index (χ1n) is 19.4. The number of hydrogen-bond acceptors (Lipinski definition) is 2. The van der Waals surface area contributed by atoms with Crippen LogP contribution >= 0.6 is 0 Å². The van der Waals surface area contributed by atoms with Crippen molar-refractivity contribution in [2.75, 3.05) is 13.2 Å². The molecule has 41 heavy (non-hydrogen) atoms. The van der Waals surface area contributed by atoms with Crippen molar-refractivity contribution in [1.29, 1.82) is 0 Å². The van der Waals surface area contributed by atoms with Crippen molar-refractivity contribution in [3.63, 3.8) is 0 Å². The topological polar surface area (TPSA) is 18.5 Å². The van der Waals surface area contributed by atoms with E-state index in [4.69, 9.17) is 8.85 Å². The molecule has 0 spiro atoms. The van der Waals surface area contributed by atoms with E-state index in [0.717, 1.165) is 13.2 Å². The SMILES string of the molecule is CCCCCCCCCCCCCCCCCCO[Si](C)(C)OCCCCCCCCCCCCCCCCCC. The van der Waals surface area contributed by atoms with E-state index in [2.05, 4.69) is 26.9 Å². The minimum atomic E-state index is -1.92. The molecule has 0 aliphatic carbocycles. The largest absolute Gasteiger partial charge is 0.395 e. The maximum absolute atomic E-state index is 6.19. The minimum Gasteiger partial charge on any atom is -0.395 e. The fourth-order valence-electron chi connectivity index (χ4n) is 5.98. The Kier molecular flexibility index (Phi) is 34.7. The van der Waals surface area contributed by atoms with Crippen molar-refractivity contribution in [1.82, 2.24) is 0 Å². The molecule has 3 heteroatoms. The third kappa shape index (κ3) is 36.2. The summed E-state index contributed by atoms with van der Waals surface area (Å²) in [5, 5.41) is 0. The summed E-state index contributed by atoms with van der Waals surface area (Å²) in [7, 11) is -1.92. The predicted octanol–water partition coefficient (Wildman–Crippen LogP) is 14.2. The number of hydrogen-bond donors (Lipinski definition) is 0. The molecule has 0 fully saturated rings. The Morgan fingerprint density at radius 3 is 0.634 bits per heavy atom. The monoisotopic (exact) mass is 597 g/mol. The van der Waals surface area contributed by atoms with Crippen molar-refractivity contribution in [2.45, 2.75) is 232 Å². The number of rotatable bonds is 36. The Morgan fingerprint density at radius 1 is 0.268 bits per heavy atom. The van der Waals surface area contributed by atoms with Crippen LogP contribution in [0.1, 0.15) is 219 Å². The summed E-state index contributed by atoms with van der Waals surface area (Å²) in [4.78, 5) is 0. The molecule has 0 heterocycles. The van der Waals surface area contributed by atoms with Gasteiger partial charge in [0.25, 0.3) is 0 Å². The van der Waals surface area contributed by atoms with Crippen LogP contribution in [0.3, 0.4) is 0 Å². The van der Waals surface area contributed by atoms with Gasteiger partial charge in [-0.05, 0) is 25.9 Å². The van der Waals surface area contributed by atoms with E-state index in [-0.39, 0.29) is 0 Å². The first-order chi connectivity index (χ1) is 20.1. The van der Waals surface area contributed by atoms with Crippen LogP contribution in [-0.2, 0) is 8.85 Å². The van der Waals surface area contributed by atoms with Crippen LogP contribution in [0.2, 0.25) is 13.1 Å². The molecular weight excluding hydrogens is 517 g/mol. The standard InChI is InChI=1S/C38H80O2Si/c1-5-7-9-11-13-15-17-19-21-23-25-27-29-31-33-35-37-39-41(3,4)40-38-36-34-32-30-28-26-24-22-20-18-16-14-12-10-8-6-2/h5-38H2,1-4H3. The summed E-state index contributed by atoms with van der Waals surface area (Å²) >= 11 is 0. The molecule has 0 aromatic rings. The summed E-state index contributed by atoms with van der Waals surface area (Å²) in [5.41, 5.74) is 0. The molecule has 0 bridgehead atoms. The van der Waals surface area contributed by atoms with E-state index in [9.17, 15) is 0 Å². The van der Waals surface area contributed by atoms with Crippen LogP contribution in [-0.4, -0.2) is 21.8 Å². The van der Waals surface area contributed by atoms with Gasteiger partial charge in [0.05, 0.1) is 0 Å². The molecule has 0 amide bonds. The quantitative estimate of drug-likeness (QED) is 0.0529. The highest BCUT2D eigenvalue weighted by atomic mass is 28.4. The molecular formula is C38H80O2Si. The lowest BCUT2D eigenvalue weighted by Crippen LogP contribution is -2.35. The van der Waals surface area contributed by atoms with Crippen LogP contribution < -0.4 is 0 Å². The van der Waals surface area contributed by atoms with Gasteiger partial charge in [-0.2, -0.15) is 0 Å². The van der Waals surface area contributed by atoms with Crippen LogP contribution in [0.5, 0.6) is 0 Å². The van der Waals surface area contributed by atoms with Gasteiger partial charge in [-0.25, -0.2) is 0 Å². The normalized spacial score (nSPS) is 12.0. The smallest absolute Gasteiger partial charge is 0.331 e. The Bertz CT molecular complexity index is 427. The summed E-state index contributed by atoms with van der Waals surface area (Å²) in [5.74, 6) is 0. The molecule has 248 valence electrons. The molecule has 0 atom stereocenters. The first-order valence-corrected chi connectivity index (χ1v) is 22.2. The lowest BCUT2D eigenvalue weighted by atomic mass is 10.0. The molecule has 0 saturated carbocycles. The van der Waals surface area contributed by atoms with Crippen molar-refractivity contribution in [2.24, 2.45) is 0 Å². The molecule has 0 aromatic carbocycles. The van der Waals surface area contributed by atoms with Gasteiger partial charge in [0.15, 0.2) is 0 Å². The molecule has 0 radical (unpaired) electrons. The summed E-state index contributed by atoms with van der Waals surface area (Å²) in [6.07, 6.45) is 45.4. The molecule has 2 nitrogen and oxygen atoms in total. The lowest BCUT2D eigenvalue weighted by molar-refractivity contribution is 0.172. The van der Waals surface area contributed by atoms with E-state index in [1.165, 1.54) is 205 Å². The van der Waals surface area contributed by atoms with Crippen molar-refractivity contribution in [3.05, 3.63) is 0 Å². The maximum atomic E-state index is 6.19. The second-order valence-corrected chi connectivity index (χ2v) is 17.1. The van der Waals surface area contributed by atoms with Gasteiger partial charge in [0.1, 0.15) is 0 Å². The zero-order chi connectivity index (χ0) is 30.0. The number of unbranched alkanes of at least 4 members (excludes halogenated alkanes) is 30. The predicted molar refractivity (Wildman–Crippen MR) is 188 cm³/mol. The maximum Gasteiger partial charge on any atom is 0.331 e. The highest BCUT2D eigenvalue weighted by Gasteiger charge is 2.23. The van der Waals surface area contributed by atoms with Crippen molar-refractivity contribution >= 4 is 8.56 Å². The summed E-state index contributed by atoms with van der Waals surface area (Å²) < 4.78 is 12.4. The minimum absolute atomic E-state index is 0.899.